The van der Waals surface area contributed by atoms with Crippen LogP contribution < -0.4 is 0 Å². The van der Waals surface area contributed by atoms with Crippen LogP contribution in [0.15, 0.2) is 36.4 Å². The largest absolute Gasteiger partial charge is 0.288 e. The number of benzene rings is 2. The molecule has 0 unspecified atom stereocenters. The molecule has 0 N–H and O–H groups in total. The molecule has 2 aromatic rings. The van der Waals surface area contributed by atoms with Crippen LogP contribution >= 0.6 is 11.6 Å². The number of halogens is 4. The first-order chi connectivity index (χ1) is 8.50. The average Bonchev–Trinajstić information content (AvgIpc) is 2.33. The molecule has 0 atom stereocenters. The summed E-state index contributed by atoms with van der Waals surface area (Å²) in [6, 6.07) is 6.57. The lowest BCUT2D eigenvalue weighted by Gasteiger charge is -2.05. The summed E-state index contributed by atoms with van der Waals surface area (Å²) in [4.78, 5) is 11.9. The first kappa shape index (κ1) is 12.6. The van der Waals surface area contributed by atoms with Crippen LogP contribution in [0.1, 0.15) is 15.9 Å². The number of hydrogen-bond acceptors (Lipinski definition) is 1. The average molecular weight is 271 g/mol. The summed E-state index contributed by atoms with van der Waals surface area (Å²) >= 11 is 5.65. The topological polar surface area (TPSA) is 17.1 Å². The number of hydrogen-bond donors (Lipinski definition) is 0. The molecular weight excluding hydrogens is 265 g/mol. The van der Waals surface area contributed by atoms with Crippen molar-refractivity contribution in [2.24, 2.45) is 0 Å². The van der Waals surface area contributed by atoms with Crippen molar-refractivity contribution in [3.05, 3.63) is 70.0 Å². The van der Waals surface area contributed by atoms with Gasteiger partial charge in [-0.15, -0.1) is 0 Å². The minimum Gasteiger partial charge on any atom is -0.288 e. The number of ketones is 1. The minimum absolute atomic E-state index is 0.245. The second kappa shape index (κ2) is 4.82. The lowest BCUT2D eigenvalue weighted by atomic mass is 10.0. The van der Waals surface area contributed by atoms with Gasteiger partial charge in [0, 0.05) is 5.56 Å². The van der Waals surface area contributed by atoms with E-state index in [9.17, 15) is 18.0 Å². The Balaban J connectivity index is 2.53. The predicted octanol–water partition coefficient (Wildman–Crippen LogP) is 3.99. The van der Waals surface area contributed by atoms with E-state index in [4.69, 9.17) is 11.6 Å². The maximum Gasteiger partial charge on any atom is 0.197 e. The van der Waals surface area contributed by atoms with Crippen molar-refractivity contribution in [1.29, 1.82) is 0 Å². The van der Waals surface area contributed by atoms with Gasteiger partial charge in [0.2, 0.25) is 0 Å². The molecule has 0 aromatic heterocycles. The molecule has 0 spiro atoms. The van der Waals surface area contributed by atoms with Crippen molar-refractivity contribution in [3.8, 4) is 0 Å². The van der Waals surface area contributed by atoms with E-state index in [1.807, 2.05) is 0 Å². The number of carbonyl (C=O) groups is 1. The van der Waals surface area contributed by atoms with Crippen LogP contribution in [0.25, 0.3) is 0 Å². The lowest BCUT2D eigenvalue weighted by molar-refractivity contribution is 0.103. The standard InChI is InChI=1S/C13H6ClF3O/c14-9-6-12(17)11(16)5-8(9)13(18)7-3-1-2-4-10(7)15/h1-6H. The molecule has 0 aliphatic carbocycles. The van der Waals surface area contributed by atoms with Gasteiger partial charge in [0.15, 0.2) is 17.4 Å². The third-order valence-electron chi connectivity index (χ3n) is 2.37. The van der Waals surface area contributed by atoms with E-state index in [0.29, 0.717) is 12.1 Å². The van der Waals surface area contributed by atoms with E-state index in [-0.39, 0.29) is 16.1 Å². The molecular formula is C13H6ClF3O. The van der Waals surface area contributed by atoms with Gasteiger partial charge < -0.3 is 0 Å². The van der Waals surface area contributed by atoms with E-state index in [1.165, 1.54) is 18.2 Å². The Morgan fingerprint density at radius 2 is 1.50 bits per heavy atom. The summed E-state index contributed by atoms with van der Waals surface area (Å²) in [5.41, 5.74) is -0.522. The number of carbonyl (C=O) groups excluding carboxylic acids is 1. The smallest absolute Gasteiger partial charge is 0.197 e. The van der Waals surface area contributed by atoms with Gasteiger partial charge in [0.25, 0.3) is 0 Å². The molecule has 2 aromatic carbocycles. The number of rotatable bonds is 2. The fourth-order valence-corrected chi connectivity index (χ4v) is 1.72. The summed E-state index contributed by atoms with van der Waals surface area (Å²) in [7, 11) is 0. The molecule has 0 radical (unpaired) electrons. The Morgan fingerprint density at radius 1 is 0.889 bits per heavy atom. The molecule has 0 saturated carbocycles. The van der Waals surface area contributed by atoms with Crippen molar-refractivity contribution >= 4 is 17.4 Å². The minimum atomic E-state index is -1.21. The second-order valence-electron chi connectivity index (χ2n) is 3.56. The molecule has 0 aliphatic heterocycles. The predicted molar refractivity (Wildman–Crippen MR) is 61.2 cm³/mol. The SMILES string of the molecule is O=C(c1ccccc1F)c1cc(F)c(F)cc1Cl. The van der Waals surface area contributed by atoms with Crippen LogP contribution in [-0.4, -0.2) is 5.78 Å². The van der Waals surface area contributed by atoms with Gasteiger partial charge in [-0.05, 0) is 24.3 Å². The van der Waals surface area contributed by atoms with E-state index in [0.717, 1.165) is 6.07 Å². The first-order valence-corrected chi connectivity index (χ1v) is 5.32. The molecule has 92 valence electrons. The van der Waals surface area contributed by atoms with Crippen LogP contribution in [-0.2, 0) is 0 Å². The summed E-state index contributed by atoms with van der Waals surface area (Å²) in [5, 5.41) is -0.262. The van der Waals surface area contributed by atoms with Crippen molar-refractivity contribution < 1.29 is 18.0 Å². The van der Waals surface area contributed by atoms with Gasteiger partial charge in [-0.2, -0.15) is 0 Å². The zero-order chi connectivity index (χ0) is 13.3. The molecule has 1 nitrogen and oxygen atoms in total. The van der Waals surface area contributed by atoms with Gasteiger partial charge in [0.05, 0.1) is 10.6 Å². The third kappa shape index (κ3) is 2.24. The van der Waals surface area contributed by atoms with E-state index in [2.05, 4.69) is 0 Å². The Bertz CT molecular complexity index is 626. The molecule has 0 heterocycles. The Kier molecular flexibility index (Phi) is 3.39. The highest BCUT2D eigenvalue weighted by atomic mass is 35.5. The Labute approximate surface area is 106 Å². The molecule has 0 fully saturated rings. The Hall–Kier alpha value is -1.81. The van der Waals surface area contributed by atoms with Crippen molar-refractivity contribution in [2.75, 3.05) is 0 Å². The lowest BCUT2D eigenvalue weighted by Crippen LogP contribution is -2.06. The van der Waals surface area contributed by atoms with Gasteiger partial charge >= 0.3 is 0 Å². The van der Waals surface area contributed by atoms with Crippen LogP contribution in [0.5, 0.6) is 0 Å². The summed E-state index contributed by atoms with van der Waals surface area (Å²) in [6.45, 7) is 0. The second-order valence-corrected chi connectivity index (χ2v) is 3.96. The summed E-state index contributed by atoms with van der Waals surface area (Å²) in [5.74, 6) is -3.91. The highest BCUT2D eigenvalue weighted by molar-refractivity contribution is 6.35. The molecule has 0 saturated heterocycles. The zero-order valence-corrected chi connectivity index (χ0v) is 9.64. The fraction of sp³-hybridized carbons (Fsp3) is 0. The zero-order valence-electron chi connectivity index (χ0n) is 8.88. The maximum absolute atomic E-state index is 13.4. The molecule has 0 aliphatic rings. The van der Waals surface area contributed by atoms with Crippen molar-refractivity contribution in [3.63, 3.8) is 0 Å². The first-order valence-electron chi connectivity index (χ1n) is 4.94. The van der Waals surface area contributed by atoms with Crippen LogP contribution in [0.3, 0.4) is 0 Å². The van der Waals surface area contributed by atoms with Gasteiger partial charge in [-0.3, -0.25) is 4.79 Å². The molecule has 2 rings (SSSR count). The highest BCUT2D eigenvalue weighted by Gasteiger charge is 2.18. The van der Waals surface area contributed by atoms with Gasteiger partial charge in [-0.1, -0.05) is 23.7 Å². The monoisotopic (exact) mass is 270 g/mol. The van der Waals surface area contributed by atoms with Crippen LogP contribution in [0.2, 0.25) is 5.02 Å². The van der Waals surface area contributed by atoms with Gasteiger partial charge in [-0.25, -0.2) is 13.2 Å². The summed E-state index contributed by atoms with van der Waals surface area (Å²) < 4.78 is 39.3. The Morgan fingerprint density at radius 3 is 2.17 bits per heavy atom. The quantitative estimate of drug-likeness (QED) is 0.596. The fourth-order valence-electron chi connectivity index (χ4n) is 1.49. The van der Waals surface area contributed by atoms with Crippen molar-refractivity contribution in [1.82, 2.24) is 0 Å². The van der Waals surface area contributed by atoms with Crippen LogP contribution in [0.4, 0.5) is 13.2 Å². The normalized spacial score (nSPS) is 10.4. The van der Waals surface area contributed by atoms with E-state index in [1.54, 1.807) is 0 Å². The molecule has 18 heavy (non-hydrogen) atoms. The molecule has 0 bridgehead atoms. The van der Waals surface area contributed by atoms with Crippen LogP contribution in [0, 0.1) is 17.5 Å². The third-order valence-corrected chi connectivity index (χ3v) is 2.69. The highest BCUT2D eigenvalue weighted by Crippen LogP contribution is 2.23. The van der Waals surface area contributed by atoms with E-state index < -0.39 is 23.2 Å². The van der Waals surface area contributed by atoms with E-state index >= 15 is 0 Å². The molecule has 5 heteroatoms. The molecule has 0 amide bonds. The maximum atomic E-state index is 13.4. The van der Waals surface area contributed by atoms with Gasteiger partial charge in [0.1, 0.15) is 5.82 Å². The van der Waals surface area contributed by atoms with Crippen molar-refractivity contribution in [2.45, 2.75) is 0 Å². The summed E-state index contributed by atoms with van der Waals surface area (Å²) in [6.07, 6.45) is 0.